The molecule has 33 heavy (non-hydrogen) atoms. The summed E-state index contributed by atoms with van der Waals surface area (Å²) in [6.07, 6.45) is 8.26. The molecule has 0 aliphatic carbocycles. The monoisotopic (exact) mass is 554 g/mol. The fourth-order valence-corrected chi connectivity index (χ4v) is 3.56. The highest BCUT2D eigenvalue weighted by atomic mass is 35.5. The van der Waals surface area contributed by atoms with Crippen LogP contribution in [0.1, 0.15) is 46.9 Å². The third-order valence-corrected chi connectivity index (χ3v) is 7.17. The molecule has 2 rings (SSSR count). The molecule has 0 amide bonds. The number of nitrogens with zero attached hydrogens (tertiary/aromatic N) is 4. The molecule has 0 radical (unpaired) electrons. The Morgan fingerprint density at radius 3 is 1.70 bits per heavy atom. The van der Waals surface area contributed by atoms with Gasteiger partial charge >= 0.3 is 10.8 Å². The number of rotatable bonds is 6. The molecule has 0 bridgehead atoms. The molecule has 0 saturated heterocycles. The van der Waals surface area contributed by atoms with Crippen LogP contribution in [0.2, 0.25) is 0 Å². The van der Waals surface area contributed by atoms with E-state index in [2.05, 4.69) is 14.3 Å². The van der Waals surface area contributed by atoms with Gasteiger partial charge in [-0.3, -0.25) is 19.4 Å². The summed E-state index contributed by atoms with van der Waals surface area (Å²) < 4.78 is 54.3. The maximum Gasteiger partial charge on any atom is 0.364 e. The number of hydrogen-bond acceptors (Lipinski definition) is 5. The highest BCUT2D eigenvalue weighted by Crippen LogP contribution is 2.33. The van der Waals surface area contributed by atoms with Crippen LogP contribution in [0.5, 0.6) is 0 Å². The summed E-state index contributed by atoms with van der Waals surface area (Å²) in [6.45, 7) is 3.85. The zero-order valence-electron chi connectivity index (χ0n) is 17.8. The van der Waals surface area contributed by atoms with Crippen LogP contribution in [0.25, 0.3) is 0 Å². The van der Waals surface area contributed by atoms with Crippen LogP contribution in [0.4, 0.5) is 27.0 Å². The molecule has 186 valence electrons. The summed E-state index contributed by atoms with van der Waals surface area (Å²) in [5.74, 6) is 0. The predicted octanol–water partition coefficient (Wildman–Crippen LogP) is 7.44. The van der Waals surface area contributed by atoms with E-state index in [1.807, 2.05) is 20.1 Å². The van der Waals surface area contributed by atoms with Crippen LogP contribution in [0, 0.1) is 11.5 Å². The second-order valence-electron chi connectivity index (χ2n) is 6.18. The lowest BCUT2D eigenvalue weighted by atomic mass is 10.2. The van der Waals surface area contributed by atoms with Gasteiger partial charge in [-0.1, -0.05) is 22.8 Å². The average Bonchev–Trinajstić information content (AvgIpc) is 2.72. The summed E-state index contributed by atoms with van der Waals surface area (Å²) in [5, 5.41) is 1.82. The Hall–Kier alpha value is -1.55. The van der Waals surface area contributed by atoms with E-state index >= 15 is 0 Å². The van der Waals surface area contributed by atoms with Crippen molar-refractivity contribution in [3.8, 4) is 6.19 Å². The number of aromatic nitrogens is 2. The van der Waals surface area contributed by atoms with Gasteiger partial charge in [0.2, 0.25) is 6.19 Å². The molecule has 0 aromatic carbocycles. The highest BCUT2D eigenvalue weighted by Gasteiger charge is 2.30. The number of hydrogen-bond donors (Lipinski definition) is 0. The van der Waals surface area contributed by atoms with E-state index in [4.69, 9.17) is 28.5 Å². The standard InChI is InChI=1S/C10H10ClF2N3S.C9H10ClF2NS.2FH/c1-7(17(2)16-6-14)8-3-4-9(15-5-8)10(11,12)13;1-6(14-2)7-3-4-8(13-5-7)9(10,11)12;;/h3-5,7H,1-2H3;3-6H,1-2H3;2*1H. The Bertz CT molecular complexity index is 914. The van der Waals surface area contributed by atoms with Crippen molar-refractivity contribution in [1.82, 2.24) is 9.97 Å². The van der Waals surface area contributed by atoms with Gasteiger partial charge in [0.15, 0.2) is 0 Å². The zero-order chi connectivity index (χ0) is 23.8. The van der Waals surface area contributed by atoms with Crippen LogP contribution in [0.3, 0.4) is 0 Å². The largest absolute Gasteiger partial charge is 0.364 e. The van der Waals surface area contributed by atoms with E-state index in [0.717, 1.165) is 11.1 Å². The summed E-state index contributed by atoms with van der Waals surface area (Å²) in [7, 11) is -0.490. The molecule has 2 aromatic heterocycles. The lowest BCUT2D eigenvalue weighted by molar-refractivity contribution is 0.0894. The molecule has 3 unspecified atom stereocenters. The van der Waals surface area contributed by atoms with Gasteiger partial charge in [0, 0.05) is 22.9 Å². The number of halogens is 8. The summed E-state index contributed by atoms with van der Waals surface area (Å²) in [5.41, 5.74) is 0.779. The van der Waals surface area contributed by atoms with Crippen LogP contribution in [-0.2, 0) is 21.5 Å². The van der Waals surface area contributed by atoms with E-state index in [9.17, 15) is 17.6 Å². The van der Waals surface area contributed by atoms with Crippen LogP contribution < -0.4 is 0 Å². The van der Waals surface area contributed by atoms with E-state index in [1.54, 1.807) is 30.3 Å². The Kier molecular flexibility index (Phi) is 14.9. The second kappa shape index (κ2) is 14.7. The Morgan fingerprint density at radius 1 is 0.970 bits per heavy atom. The third-order valence-electron chi connectivity index (χ3n) is 4.14. The van der Waals surface area contributed by atoms with Crippen LogP contribution in [-0.4, -0.2) is 22.5 Å². The molecule has 2 aromatic rings. The fourth-order valence-electron chi connectivity index (χ4n) is 2.10. The minimum atomic E-state index is -3.45. The van der Waals surface area contributed by atoms with Crippen molar-refractivity contribution >= 4 is 45.7 Å². The van der Waals surface area contributed by atoms with Gasteiger partial charge in [-0.15, -0.1) is 0 Å². The van der Waals surface area contributed by atoms with Crippen molar-refractivity contribution in [2.24, 2.45) is 4.36 Å². The van der Waals surface area contributed by atoms with E-state index in [0.29, 0.717) is 0 Å². The van der Waals surface area contributed by atoms with Gasteiger partial charge in [0.1, 0.15) is 11.4 Å². The summed E-state index contributed by atoms with van der Waals surface area (Å²) >= 11 is 11.3. The topological polar surface area (TPSA) is 61.9 Å². The van der Waals surface area contributed by atoms with Crippen molar-refractivity contribution in [3.05, 3.63) is 59.2 Å². The lowest BCUT2D eigenvalue weighted by Gasteiger charge is -2.12. The summed E-state index contributed by atoms with van der Waals surface area (Å²) in [6, 6.07) is 5.59. The Morgan fingerprint density at radius 2 is 1.39 bits per heavy atom. The van der Waals surface area contributed by atoms with E-state index in [1.165, 1.54) is 30.6 Å². The molecular formula is C19H22Cl2F6N4S2. The molecule has 4 nitrogen and oxygen atoms in total. The van der Waals surface area contributed by atoms with Crippen molar-refractivity contribution in [3.63, 3.8) is 0 Å². The molecule has 14 heteroatoms. The SMILES string of the molecule is CC(c1ccc(C(F)(F)Cl)nc1)S(C)=NC#N.CSC(C)c1ccc(C(F)(F)Cl)nc1.F.F. The van der Waals surface area contributed by atoms with Gasteiger partial charge in [-0.05, 0) is 72.8 Å². The van der Waals surface area contributed by atoms with Crippen LogP contribution in [0.15, 0.2) is 41.0 Å². The van der Waals surface area contributed by atoms with Crippen molar-refractivity contribution in [1.29, 1.82) is 5.26 Å². The first kappa shape index (κ1) is 33.6. The zero-order valence-corrected chi connectivity index (χ0v) is 21.0. The van der Waals surface area contributed by atoms with E-state index < -0.39 is 32.8 Å². The van der Waals surface area contributed by atoms with Gasteiger partial charge in [0.05, 0.1) is 0 Å². The maximum absolute atomic E-state index is 12.7. The van der Waals surface area contributed by atoms with Crippen molar-refractivity contribution < 1.29 is 27.0 Å². The summed E-state index contributed by atoms with van der Waals surface area (Å²) in [4.78, 5) is 7.24. The molecule has 0 saturated carbocycles. The molecular weight excluding hydrogens is 533 g/mol. The normalized spacial score (nSPS) is 13.8. The number of alkyl halides is 6. The Labute approximate surface area is 204 Å². The molecule has 2 heterocycles. The van der Waals surface area contributed by atoms with Crippen molar-refractivity contribution in [2.75, 3.05) is 12.5 Å². The number of pyridine rings is 2. The van der Waals surface area contributed by atoms with Gasteiger partial charge in [-0.25, -0.2) is 0 Å². The first-order chi connectivity index (χ1) is 14.3. The molecule has 0 N–H and O–H groups in total. The molecule has 0 fully saturated rings. The smallest absolute Gasteiger partial charge is 0.269 e. The first-order valence-corrected chi connectivity index (χ1v) is 12.3. The highest BCUT2D eigenvalue weighted by molar-refractivity contribution is 7.98. The fraction of sp³-hybridized carbons (Fsp3) is 0.421. The lowest BCUT2D eigenvalue weighted by Crippen LogP contribution is -2.08. The molecule has 0 aliphatic heterocycles. The van der Waals surface area contributed by atoms with Crippen molar-refractivity contribution in [2.45, 2.75) is 35.1 Å². The van der Waals surface area contributed by atoms with Crippen LogP contribution >= 0.6 is 35.0 Å². The number of nitriles is 1. The quantitative estimate of drug-likeness (QED) is 0.211. The minimum Gasteiger partial charge on any atom is -0.269 e. The van der Waals surface area contributed by atoms with Gasteiger partial charge in [-0.2, -0.15) is 38.9 Å². The average molecular weight is 555 g/mol. The first-order valence-electron chi connectivity index (χ1n) is 8.65. The molecule has 0 spiro atoms. The maximum atomic E-state index is 12.7. The third kappa shape index (κ3) is 10.9. The van der Waals surface area contributed by atoms with Gasteiger partial charge in [0.25, 0.3) is 0 Å². The predicted molar refractivity (Wildman–Crippen MR) is 125 cm³/mol. The number of thioether (sulfide) groups is 1. The molecule has 0 aliphatic rings. The molecule has 3 atom stereocenters. The van der Waals surface area contributed by atoms with E-state index in [-0.39, 0.29) is 19.9 Å². The second-order valence-corrected chi connectivity index (χ2v) is 10.2. The minimum absolute atomic E-state index is 0. The van der Waals surface area contributed by atoms with Gasteiger partial charge < -0.3 is 0 Å². The Balaban J connectivity index is 0.